The number of likely N-dealkylation sites (tertiary alicyclic amines) is 1. The molecule has 2 aliphatic rings. The quantitative estimate of drug-likeness (QED) is 0.834. The van der Waals surface area contributed by atoms with Gasteiger partial charge < -0.3 is 10.0 Å². The average Bonchev–Trinajstić information content (AvgIpc) is 3.20. The Hall–Kier alpha value is -1.86. The number of carbonyl (C=O) groups excluding carboxylic acids is 1. The van der Waals surface area contributed by atoms with Gasteiger partial charge in [-0.3, -0.25) is 9.69 Å². The molecular formula is C18H22FN3O2S. The zero-order valence-corrected chi connectivity index (χ0v) is 15.2. The van der Waals surface area contributed by atoms with Crippen LogP contribution in [-0.4, -0.2) is 58.2 Å². The van der Waals surface area contributed by atoms with Gasteiger partial charge in [0.15, 0.2) is 5.17 Å². The van der Waals surface area contributed by atoms with Crippen molar-refractivity contribution < 1.29 is 14.3 Å². The van der Waals surface area contributed by atoms with E-state index in [1.54, 1.807) is 0 Å². The van der Waals surface area contributed by atoms with E-state index in [2.05, 4.69) is 28.6 Å². The van der Waals surface area contributed by atoms with Crippen LogP contribution in [0.1, 0.15) is 25.8 Å². The summed E-state index contributed by atoms with van der Waals surface area (Å²) in [4.78, 5) is 21.3. The number of phenols is 1. The van der Waals surface area contributed by atoms with Gasteiger partial charge in [0, 0.05) is 24.7 Å². The lowest BCUT2D eigenvalue weighted by molar-refractivity contribution is -0.113. The largest absolute Gasteiger partial charge is 0.507 e. The number of benzene rings is 1. The Balaban J connectivity index is 1.71. The van der Waals surface area contributed by atoms with Crippen LogP contribution in [0.2, 0.25) is 0 Å². The third-order valence-electron chi connectivity index (χ3n) is 4.65. The fourth-order valence-corrected chi connectivity index (χ4v) is 4.21. The van der Waals surface area contributed by atoms with E-state index in [1.807, 2.05) is 0 Å². The van der Waals surface area contributed by atoms with Gasteiger partial charge in [-0.05, 0) is 55.5 Å². The van der Waals surface area contributed by atoms with Crippen LogP contribution < -0.4 is 0 Å². The van der Waals surface area contributed by atoms with E-state index in [1.165, 1.54) is 36.0 Å². The topological polar surface area (TPSA) is 56.1 Å². The van der Waals surface area contributed by atoms with Crippen LogP contribution in [0.4, 0.5) is 4.39 Å². The van der Waals surface area contributed by atoms with Crippen molar-refractivity contribution in [2.45, 2.75) is 26.3 Å². The Bertz CT molecular complexity index is 731. The molecular weight excluding hydrogens is 341 g/mol. The van der Waals surface area contributed by atoms with Crippen LogP contribution in [0.25, 0.3) is 6.08 Å². The number of rotatable bonds is 4. The third-order valence-corrected chi connectivity index (χ3v) is 5.69. The van der Waals surface area contributed by atoms with E-state index >= 15 is 0 Å². The summed E-state index contributed by atoms with van der Waals surface area (Å²) in [6, 6.07) is 4.15. The molecule has 7 heteroatoms. The second kappa shape index (κ2) is 7.58. The van der Waals surface area contributed by atoms with Gasteiger partial charge in [-0.25, -0.2) is 4.39 Å². The van der Waals surface area contributed by atoms with Crippen LogP contribution >= 0.6 is 11.8 Å². The molecule has 1 fully saturated rings. The predicted molar refractivity (Wildman–Crippen MR) is 99.0 cm³/mol. The number of carbonyl (C=O) groups is 1. The highest BCUT2D eigenvalue weighted by atomic mass is 32.2. The van der Waals surface area contributed by atoms with Gasteiger partial charge in [-0.2, -0.15) is 4.99 Å². The zero-order chi connectivity index (χ0) is 18.0. The minimum Gasteiger partial charge on any atom is -0.507 e. The maximum Gasteiger partial charge on any atom is 0.286 e. The highest BCUT2D eigenvalue weighted by Gasteiger charge is 2.33. The predicted octanol–water partition coefficient (Wildman–Crippen LogP) is 2.92. The molecule has 1 aromatic carbocycles. The summed E-state index contributed by atoms with van der Waals surface area (Å²) in [5, 5.41) is 10.5. The number of amidine groups is 1. The lowest BCUT2D eigenvalue weighted by Gasteiger charge is -2.26. The first-order chi connectivity index (χ1) is 12.0. The molecule has 1 amide bonds. The summed E-state index contributed by atoms with van der Waals surface area (Å²) >= 11 is 1.29. The first-order valence-corrected chi connectivity index (χ1v) is 9.33. The monoisotopic (exact) mass is 363 g/mol. The number of likely N-dealkylation sites (N-methyl/N-ethyl adjacent to an activating group) is 1. The first kappa shape index (κ1) is 17.9. The van der Waals surface area contributed by atoms with E-state index in [4.69, 9.17) is 0 Å². The summed E-state index contributed by atoms with van der Waals surface area (Å²) in [5.41, 5.74) is 0.287. The number of aliphatic imine (C=N–C) groups is 1. The maximum atomic E-state index is 13.4. The normalized spacial score (nSPS) is 22.3. The molecule has 1 saturated heterocycles. The Kier molecular flexibility index (Phi) is 5.44. The molecule has 1 aromatic rings. The minimum atomic E-state index is -0.456. The number of amides is 1. The maximum absolute atomic E-state index is 13.4. The summed E-state index contributed by atoms with van der Waals surface area (Å²) in [6.07, 6.45) is 2.55. The molecule has 1 N–H and O–H groups in total. The van der Waals surface area contributed by atoms with E-state index < -0.39 is 5.82 Å². The summed E-state index contributed by atoms with van der Waals surface area (Å²) in [5.74, 6) is -0.851. The minimum absolute atomic E-state index is 0.0569. The van der Waals surface area contributed by atoms with Gasteiger partial charge >= 0.3 is 0 Å². The van der Waals surface area contributed by atoms with Crippen LogP contribution in [0.3, 0.4) is 0 Å². The van der Waals surface area contributed by atoms with Crippen molar-refractivity contribution in [1.29, 1.82) is 0 Å². The molecule has 0 spiro atoms. The molecule has 0 aromatic heterocycles. The van der Waals surface area contributed by atoms with E-state index in [9.17, 15) is 14.3 Å². The van der Waals surface area contributed by atoms with E-state index in [-0.39, 0.29) is 17.2 Å². The molecule has 2 aliphatic heterocycles. The number of hydrogen-bond donors (Lipinski definition) is 1. The van der Waals surface area contributed by atoms with Crippen LogP contribution in [0.15, 0.2) is 28.1 Å². The highest BCUT2D eigenvalue weighted by Crippen LogP contribution is 2.33. The molecule has 0 radical (unpaired) electrons. The molecule has 3 rings (SSSR count). The number of halogens is 1. The molecule has 0 bridgehead atoms. The molecule has 2 heterocycles. The van der Waals surface area contributed by atoms with Crippen molar-refractivity contribution in [3.8, 4) is 5.75 Å². The number of nitrogens with zero attached hydrogens (tertiary/aromatic N) is 3. The molecule has 1 atom stereocenters. The fraction of sp³-hybridized carbons (Fsp3) is 0.444. The molecule has 134 valence electrons. The molecule has 25 heavy (non-hydrogen) atoms. The molecule has 1 unspecified atom stereocenters. The average molecular weight is 363 g/mol. The fourth-order valence-electron chi connectivity index (χ4n) is 3.27. The summed E-state index contributed by atoms with van der Waals surface area (Å²) in [7, 11) is 0. The van der Waals surface area contributed by atoms with Gasteiger partial charge in [0.2, 0.25) is 0 Å². The van der Waals surface area contributed by atoms with Crippen LogP contribution in [0.5, 0.6) is 5.75 Å². The van der Waals surface area contributed by atoms with Crippen molar-refractivity contribution >= 4 is 28.9 Å². The Morgan fingerprint density at radius 2 is 2.20 bits per heavy atom. The van der Waals surface area contributed by atoms with Gasteiger partial charge in [-0.15, -0.1) is 0 Å². The lowest BCUT2D eigenvalue weighted by atomic mass is 10.2. The standard InChI is InChI=1S/C18H22FN3O2S/c1-3-21(4-2)14-7-8-22(11-14)18-20-17(24)16(25-18)10-12-9-13(19)5-6-15(12)23/h5-6,9-10,14,23H,3-4,7-8,11H2,1-2H3/b16-10-. The van der Waals surface area contributed by atoms with Crippen molar-refractivity contribution in [3.05, 3.63) is 34.5 Å². The molecule has 5 nitrogen and oxygen atoms in total. The highest BCUT2D eigenvalue weighted by molar-refractivity contribution is 8.18. The Morgan fingerprint density at radius 1 is 1.44 bits per heavy atom. The summed E-state index contributed by atoms with van der Waals surface area (Å²) < 4.78 is 13.4. The Labute approximate surface area is 151 Å². The SMILES string of the molecule is CCN(CC)C1CCN(C2=NC(=O)/C(=C/c3cc(F)ccc3O)S2)C1. The van der Waals surface area contributed by atoms with Gasteiger partial charge in [0.25, 0.3) is 5.91 Å². The number of thioether (sulfide) groups is 1. The second-order valence-electron chi connectivity index (χ2n) is 6.12. The number of aromatic hydroxyl groups is 1. The van der Waals surface area contributed by atoms with Gasteiger partial charge in [0.1, 0.15) is 11.6 Å². The lowest BCUT2D eigenvalue weighted by Crippen LogP contribution is -2.38. The summed E-state index contributed by atoms with van der Waals surface area (Å²) in [6.45, 7) is 8.07. The molecule has 0 aliphatic carbocycles. The third kappa shape index (κ3) is 3.88. The van der Waals surface area contributed by atoms with Crippen molar-refractivity contribution in [1.82, 2.24) is 9.80 Å². The van der Waals surface area contributed by atoms with Crippen LogP contribution in [-0.2, 0) is 4.79 Å². The second-order valence-corrected chi connectivity index (χ2v) is 7.13. The van der Waals surface area contributed by atoms with Crippen molar-refractivity contribution in [2.75, 3.05) is 26.2 Å². The van der Waals surface area contributed by atoms with Gasteiger partial charge in [0.05, 0.1) is 4.91 Å². The van der Waals surface area contributed by atoms with Crippen LogP contribution in [0, 0.1) is 5.82 Å². The van der Waals surface area contributed by atoms with Gasteiger partial charge in [-0.1, -0.05) is 13.8 Å². The van der Waals surface area contributed by atoms with E-state index in [0.29, 0.717) is 16.1 Å². The smallest absolute Gasteiger partial charge is 0.286 e. The van der Waals surface area contributed by atoms with Crippen molar-refractivity contribution in [3.63, 3.8) is 0 Å². The van der Waals surface area contributed by atoms with Crippen molar-refractivity contribution in [2.24, 2.45) is 4.99 Å². The Morgan fingerprint density at radius 3 is 2.92 bits per heavy atom. The van der Waals surface area contributed by atoms with E-state index in [0.717, 1.165) is 32.6 Å². The first-order valence-electron chi connectivity index (χ1n) is 8.51. The number of hydrogen-bond acceptors (Lipinski definition) is 5. The molecule has 0 saturated carbocycles. The zero-order valence-electron chi connectivity index (χ0n) is 14.4. The number of phenolic OH excluding ortho intramolecular Hbond substituents is 1.